The van der Waals surface area contributed by atoms with Crippen LogP contribution in [0.4, 0.5) is 0 Å². The highest BCUT2D eigenvalue weighted by Gasteiger charge is 2.31. The summed E-state index contributed by atoms with van der Waals surface area (Å²) in [4.78, 5) is 0. The van der Waals surface area contributed by atoms with Gasteiger partial charge in [-0.1, -0.05) is 20.8 Å². The van der Waals surface area contributed by atoms with E-state index in [0.717, 1.165) is 5.92 Å². The van der Waals surface area contributed by atoms with Crippen LogP contribution in [0.3, 0.4) is 0 Å². The van der Waals surface area contributed by atoms with E-state index in [0.29, 0.717) is 11.5 Å². The van der Waals surface area contributed by atoms with E-state index >= 15 is 0 Å². The monoisotopic (exact) mass is 141 g/mol. The standard InChI is InChI=1S/C9H19N/c1-7-6-8(10)4-5-9(7,2)3/h7-8H,4-6,10H2,1-3H3/t7?,8-/m0/s1. The Morgan fingerprint density at radius 1 is 1.40 bits per heavy atom. The second-order valence-electron chi connectivity index (χ2n) is 4.42. The molecule has 10 heavy (non-hydrogen) atoms. The summed E-state index contributed by atoms with van der Waals surface area (Å²) in [7, 11) is 0. The summed E-state index contributed by atoms with van der Waals surface area (Å²) in [6, 6.07) is 0.475. The molecule has 1 saturated carbocycles. The van der Waals surface area contributed by atoms with Crippen LogP contribution in [0.1, 0.15) is 40.0 Å². The van der Waals surface area contributed by atoms with Gasteiger partial charge in [0, 0.05) is 6.04 Å². The van der Waals surface area contributed by atoms with Crippen molar-refractivity contribution >= 4 is 0 Å². The second kappa shape index (κ2) is 2.54. The molecule has 1 aliphatic carbocycles. The number of nitrogens with two attached hydrogens (primary N) is 1. The minimum Gasteiger partial charge on any atom is -0.328 e. The molecule has 2 atom stereocenters. The Morgan fingerprint density at radius 3 is 2.40 bits per heavy atom. The third kappa shape index (κ3) is 1.51. The first-order valence-corrected chi connectivity index (χ1v) is 4.28. The first kappa shape index (κ1) is 8.06. The van der Waals surface area contributed by atoms with Crippen molar-refractivity contribution in [2.45, 2.75) is 46.1 Å². The number of hydrogen-bond acceptors (Lipinski definition) is 1. The molecule has 0 heterocycles. The third-order valence-corrected chi connectivity index (χ3v) is 3.15. The molecule has 0 spiro atoms. The van der Waals surface area contributed by atoms with E-state index in [9.17, 15) is 0 Å². The summed E-state index contributed by atoms with van der Waals surface area (Å²) in [6.45, 7) is 7.02. The Balaban J connectivity index is 2.52. The molecule has 1 aliphatic rings. The van der Waals surface area contributed by atoms with Crippen LogP contribution in [0, 0.1) is 11.3 Å². The number of hydrogen-bond donors (Lipinski definition) is 1. The van der Waals surface area contributed by atoms with Crippen molar-refractivity contribution in [1.82, 2.24) is 0 Å². The van der Waals surface area contributed by atoms with Gasteiger partial charge in [0.25, 0.3) is 0 Å². The van der Waals surface area contributed by atoms with Gasteiger partial charge in [-0.05, 0) is 30.6 Å². The van der Waals surface area contributed by atoms with Gasteiger partial charge in [0.1, 0.15) is 0 Å². The van der Waals surface area contributed by atoms with Crippen LogP contribution >= 0.6 is 0 Å². The predicted molar refractivity (Wildman–Crippen MR) is 44.8 cm³/mol. The van der Waals surface area contributed by atoms with Gasteiger partial charge < -0.3 is 5.73 Å². The van der Waals surface area contributed by atoms with Crippen LogP contribution in [0.2, 0.25) is 0 Å². The van der Waals surface area contributed by atoms with Crippen molar-refractivity contribution in [1.29, 1.82) is 0 Å². The van der Waals surface area contributed by atoms with E-state index in [1.165, 1.54) is 19.3 Å². The topological polar surface area (TPSA) is 26.0 Å². The number of rotatable bonds is 0. The van der Waals surface area contributed by atoms with E-state index in [-0.39, 0.29) is 0 Å². The summed E-state index contributed by atoms with van der Waals surface area (Å²) in [6.07, 6.45) is 3.74. The zero-order valence-electron chi connectivity index (χ0n) is 7.35. The van der Waals surface area contributed by atoms with E-state index in [2.05, 4.69) is 20.8 Å². The van der Waals surface area contributed by atoms with Gasteiger partial charge in [-0.2, -0.15) is 0 Å². The van der Waals surface area contributed by atoms with Crippen molar-refractivity contribution in [3.8, 4) is 0 Å². The van der Waals surface area contributed by atoms with Crippen LogP contribution in [0.5, 0.6) is 0 Å². The van der Waals surface area contributed by atoms with Gasteiger partial charge in [0.05, 0.1) is 0 Å². The molecule has 1 rings (SSSR count). The van der Waals surface area contributed by atoms with Gasteiger partial charge in [0.15, 0.2) is 0 Å². The smallest absolute Gasteiger partial charge is 0.00417 e. The minimum absolute atomic E-state index is 0.475. The maximum atomic E-state index is 5.85. The van der Waals surface area contributed by atoms with Gasteiger partial charge in [-0.25, -0.2) is 0 Å². The molecule has 0 bridgehead atoms. The first-order valence-electron chi connectivity index (χ1n) is 4.28. The van der Waals surface area contributed by atoms with Crippen LogP contribution in [0.25, 0.3) is 0 Å². The highest BCUT2D eigenvalue weighted by molar-refractivity contribution is 4.85. The summed E-state index contributed by atoms with van der Waals surface area (Å²) >= 11 is 0. The van der Waals surface area contributed by atoms with Gasteiger partial charge in [0.2, 0.25) is 0 Å². The highest BCUT2D eigenvalue weighted by atomic mass is 14.6. The molecular weight excluding hydrogens is 122 g/mol. The fourth-order valence-electron chi connectivity index (χ4n) is 1.69. The SMILES string of the molecule is CC1C[C@@H](N)CCC1(C)C. The van der Waals surface area contributed by atoms with E-state index in [1.54, 1.807) is 0 Å². The molecule has 1 fully saturated rings. The van der Waals surface area contributed by atoms with Gasteiger partial charge in [-0.15, -0.1) is 0 Å². The van der Waals surface area contributed by atoms with E-state index in [1.807, 2.05) is 0 Å². The molecule has 0 radical (unpaired) electrons. The van der Waals surface area contributed by atoms with Crippen molar-refractivity contribution in [3.63, 3.8) is 0 Å². The lowest BCUT2D eigenvalue weighted by Gasteiger charge is -2.39. The molecule has 60 valence electrons. The van der Waals surface area contributed by atoms with Crippen LogP contribution in [-0.2, 0) is 0 Å². The molecule has 0 aromatic heterocycles. The maximum Gasteiger partial charge on any atom is 0.00417 e. The summed E-state index contributed by atoms with van der Waals surface area (Å²) in [5.74, 6) is 0.802. The fourth-order valence-corrected chi connectivity index (χ4v) is 1.69. The van der Waals surface area contributed by atoms with E-state index in [4.69, 9.17) is 5.73 Å². The zero-order valence-corrected chi connectivity index (χ0v) is 7.35. The molecule has 1 nitrogen and oxygen atoms in total. The summed E-state index contributed by atoms with van der Waals surface area (Å²) < 4.78 is 0. The summed E-state index contributed by atoms with van der Waals surface area (Å²) in [5, 5.41) is 0. The van der Waals surface area contributed by atoms with Gasteiger partial charge in [-0.3, -0.25) is 0 Å². The van der Waals surface area contributed by atoms with Crippen molar-refractivity contribution in [2.24, 2.45) is 17.1 Å². The molecule has 0 saturated heterocycles. The van der Waals surface area contributed by atoms with Crippen LogP contribution in [0.15, 0.2) is 0 Å². The Labute approximate surface area is 64.0 Å². The molecule has 0 aromatic carbocycles. The second-order valence-corrected chi connectivity index (χ2v) is 4.42. The molecular formula is C9H19N. The molecule has 1 heteroatoms. The zero-order chi connectivity index (χ0) is 7.78. The minimum atomic E-state index is 0.475. The lowest BCUT2D eigenvalue weighted by Crippen LogP contribution is -2.36. The predicted octanol–water partition coefficient (Wildman–Crippen LogP) is 2.16. The van der Waals surface area contributed by atoms with Crippen LogP contribution in [-0.4, -0.2) is 6.04 Å². The molecule has 0 aliphatic heterocycles. The Bertz CT molecular complexity index is 118. The maximum absolute atomic E-state index is 5.85. The molecule has 0 amide bonds. The summed E-state index contributed by atoms with van der Waals surface area (Å²) in [5.41, 5.74) is 6.38. The normalized spacial score (nSPS) is 39.6. The average Bonchev–Trinajstić information content (AvgIpc) is 1.81. The fraction of sp³-hybridized carbons (Fsp3) is 1.00. The quantitative estimate of drug-likeness (QED) is 0.549. The largest absolute Gasteiger partial charge is 0.328 e. The molecule has 0 aromatic rings. The first-order chi connectivity index (χ1) is 4.52. The average molecular weight is 141 g/mol. The molecule has 1 unspecified atom stereocenters. The van der Waals surface area contributed by atoms with Crippen LogP contribution < -0.4 is 5.73 Å². The Morgan fingerprint density at radius 2 is 2.00 bits per heavy atom. The third-order valence-electron chi connectivity index (χ3n) is 3.15. The van der Waals surface area contributed by atoms with E-state index < -0.39 is 0 Å². The molecule has 2 N–H and O–H groups in total. The van der Waals surface area contributed by atoms with Crippen molar-refractivity contribution in [2.75, 3.05) is 0 Å². The van der Waals surface area contributed by atoms with Crippen molar-refractivity contribution < 1.29 is 0 Å². The lowest BCUT2D eigenvalue weighted by atomic mass is 9.68. The Kier molecular flexibility index (Phi) is 2.04. The van der Waals surface area contributed by atoms with Gasteiger partial charge >= 0.3 is 0 Å². The highest BCUT2D eigenvalue weighted by Crippen LogP contribution is 2.39. The Hall–Kier alpha value is -0.0400. The van der Waals surface area contributed by atoms with Crippen molar-refractivity contribution in [3.05, 3.63) is 0 Å². The lowest BCUT2D eigenvalue weighted by molar-refractivity contribution is 0.139.